The highest BCUT2D eigenvalue weighted by Gasteiger charge is 2.22. The summed E-state index contributed by atoms with van der Waals surface area (Å²) in [7, 11) is 2.64. The van der Waals surface area contributed by atoms with E-state index in [9.17, 15) is 4.79 Å². The van der Waals surface area contributed by atoms with Gasteiger partial charge in [-0.15, -0.1) is 0 Å². The molecule has 1 heterocycles. The molecule has 0 fully saturated rings. The Morgan fingerprint density at radius 2 is 2.17 bits per heavy atom. The van der Waals surface area contributed by atoms with Gasteiger partial charge in [0.1, 0.15) is 0 Å². The second kappa shape index (κ2) is 5.10. The van der Waals surface area contributed by atoms with Gasteiger partial charge in [-0.1, -0.05) is 17.7 Å². The molecule has 0 saturated heterocycles. The van der Waals surface area contributed by atoms with Crippen molar-refractivity contribution in [1.82, 2.24) is 4.98 Å². The van der Waals surface area contributed by atoms with E-state index in [-0.39, 0.29) is 17.5 Å². The first kappa shape index (κ1) is 12.4. The summed E-state index contributed by atoms with van der Waals surface area (Å²) in [5, 5.41) is 0.546. The fourth-order valence-electron chi connectivity index (χ4n) is 1.42. The normalized spacial score (nSPS) is 10.2. The Kier molecular flexibility index (Phi) is 3.53. The van der Waals surface area contributed by atoms with Crippen molar-refractivity contribution in [3.05, 3.63) is 35.0 Å². The number of carbonyl (C=O) groups excluding carboxylic acids is 1. The smallest absolute Gasteiger partial charge is 0.364 e. The van der Waals surface area contributed by atoms with Gasteiger partial charge in [-0.2, -0.15) is 4.98 Å². The third kappa shape index (κ3) is 2.31. The van der Waals surface area contributed by atoms with Gasteiger partial charge in [-0.05, 0) is 18.2 Å². The number of nitrogens with zero attached hydrogens (tertiary/aromatic N) is 1. The van der Waals surface area contributed by atoms with E-state index < -0.39 is 5.97 Å². The van der Waals surface area contributed by atoms with E-state index in [0.717, 1.165) is 0 Å². The molecule has 0 aliphatic rings. The number of halogens is 1. The zero-order valence-electron chi connectivity index (χ0n) is 9.77. The van der Waals surface area contributed by atoms with E-state index in [1.807, 2.05) is 0 Å². The number of esters is 1. The second-order valence-electron chi connectivity index (χ2n) is 3.36. The van der Waals surface area contributed by atoms with Gasteiger partial charge >= 0.3 is 11.9 Å². The molecule has 0 spiro atoms. The molecule has 0 unspecified atom stereocenters. The summed E-state index contributed by atoms with van der Waals surface area (Å²) in [5.41, 5.74) is 0.644. The summed E-state index contributed by atoms with van der Waals surface area (Å²) in [6.07, 6.45) is 0. The molecule has 0 atom stereocenters. The first-order valence-corrected chi connectivity index (χ1v) is 5.42. The first-order valence-electron chi connectivity index (χ1n) is 5.04. The SMILES string of the molecule is COC(=O)c1nc(-c2cccc(Cl)c2)oc1OC. The summed E-state index contributed by atoms with van der Waals surface area (Å²) in [4.78, 5) is 15.5. The van der Waals surface area contributed by atoms with Gasteiger partial charge in [0.2, 0.25) is 11.6 Å². The van der Waals surface area contributed by atoms with Gasteiger partial charge in [0, 0.05) is 10.6 Å². The molecule has 1 aromatic carbocycles. The van der Waals surface area contributed by atoms with Crippen molar-refractivity contribution in [2.75, 3.05) is 14.2 Å². The molecule has 0 aliphatic heterocycles. The van der Waals surface area contributed by atoms with Crippen molar-refractivity contribution in [3.8, 4) is 17.4 Å². The lowest BCUT2D eigenvalue weighted by atomic mass is 10.2. The maximum atomic E-state index is 11.5. The highest BCUT2D eigenvalue weighted by molar-refractivity contribution is 6.30. The van der Waals surface area contributed by atoms with Gasteiger partial charge in [0.15, 0.2) is 0 Å². The van der Waals surface area contributed by atoms with Crippen LogP contribution in [0.5, 0.6) is 5.95 Å². The topological polar surface area (TPSA) is 61.6 Å². The molecule has 18 heavy (non-hydrogen) atoms. The number of benzene rings is 1. The molecule has 0 amide bonds. The Morgan fingerprint density at radius 1 is 1.39 bits per heavy atom. The van der Waals surface area contributed by atoms with E-state index in [4.69, 9.17) is 20.8 Å². The van der Waals surface area contributed by atoms with E-state index in [2.05, 4.69) is 9.72 Å². The Labute approximate surface area is 108 Å². The van der Waals surface area contributed by atoms with E-state index in [1.165, 1.54) is 14.2 Å². The molecule has 1 aromatic heterocycles. The molecule has 0 bridgehead atoms. The van der Waals surface area contributed by atoms with Crippen molar-refractivity contribution in [3.63, 3.8) is 0 Å². The van der Waals surface area contributed by atoms with E-state index in [1.54, 1.807) is 24.3 Å². The van der Waals surface area contributed by atoms with Gasteiger partial charge in [-0.3, -0.25) is 0 Å². The number of oxazole rings is 1. The number of hydrogen-bond acceptors (Lipinski definition) is 5. The van der Waals surface area contributed by atoms with Crippen molar-refractivity contribution >= 4 is 17.6 Å². The molecular formula is C12H10ClNO4. The Bertz CT molecular complexity index is 579. The zero-order valence-corrected chi connectivity index (χ0v) is 10.5. The van der Waals surface area contributed by atoms with Crippen LogP contribution in [0.3, 0.4) is 0 Å². The van der Waals surface area contributed by atoms with Crippen molar-refractivity contribution in [1.29, 1.82) is 0 Å². The zero-order chi connectivity index (χ0) is 13.1. The minimum atomic E-state index is -0.621. The van der Waals surface area contributed by atoms with Gasteiger partial charge in [0.05, 0.1) is 14.2 Å². The third-order valence-corrected chi connectivity index (χ3v) is 2.47. The Balaban J connectivity index is 2.47. The quantitative estimate of drug-likeness (QED) is 0.800. The predicted octanol–water partition coefficient (Wildman–Crippen LogP) is 2.79. The number of methoxy groups -OCH3 is 2. The van der Waals surface area contributed by atoms with E-state index in [0.29, 0.717) is 10.6 Å². The standard InChI is InChI=1S/C12H10ClNO4/c1-16-11(15)9-12(17-2)18-10(14-9)7-4-3-5-8(13)6-7/h3-6H,1-2H3. The lowest BCUT2D eigenvalue weighted by Gasteiger charge is -1.95. The monoisotopic (exact) mass is 267 g/mol. The van der Waals surface area contributed by atoms with Crippen LogP contribution in [0.15, 0.2) is 28.7 Å². The number of hydrogen-bond donors (Lipinski definition) is 0. The van der Waals surface area contributed by atoms with Crippen LogP contribution in [0, 0.1) is 0 Å². The highest BCUT2D eigenvalue weighted by Crippen LogP contribution is 2.28. The number of rotatable bonds is 3. The summed E-state index contributed by atoms with van der Waals surface area (Å²) in [6, 6.07) is 6.92. The molecule has 0 N–H and O–H groups in total. The summed E-state index contributed by atoms with van der Waals surface area (Å²) >= 11 is 5.87. The molecule has 0 radical (unpaired) electrons. The van der Waals surface area contributed by atoms with Crippen LogP contribution in [0.2, 0.25) is 5.02 Å². The number of carbonyl (C=O) groups is 1. The van der Waals surface area contributed by atoms with Crippen LogP contribution in [0.1, 0.15) is 10.5 Å². The van der Waals surface area contributed by atoms with Gasteiger partial charge in [0.25, 0.3) is 0 Å². The molecule has 94 valence electrons. The first-order chi connectivity index (χ1) is 8.65. The maximum Gasteiger partial charge on any atom is 0.364 e. The highest BCUT2D eigenvalue weighted by atomic mass is 35.5. The van der Waals surface area contributed by atoms with Crippen molar-refractivity contribution < 1.29 is 18.7 Å². The van der Waals surface area contributed by atoms with Crippen molar-refractivity contribution in [2.45, 2.75) is 0 Å². The summed E-state index contributed by atoms with van der Waals surface area (Å²) < 4.78 is 14.9. The average molecular weight is 268 g/mol. The van der Waals surface area contributed by atoms with E-state index >= 15 is 0 Å². The van der Waals surface area contributed by atoms with Gasteiger partial charge < -0.3 is 13.9 Å². The predicted molar refractivity (Wildman–Crippen MR) is 64.8 cm³/mol. The molecule has 2 aromatic rings. The molecule has 5 nitrogen and oxygen atoms in total. The Hall–Kier alpha value is -2.01. The van der Waals surface area contributed by atoms with Crippen LogP contribution in [-0.2, 0) is 4.74 Å². The van der Waals surface area contributed by atoms with Crippen molar-refractivity contribution in [2.24, 2.45) is 0 Å². The average Bonchev–Trinajstić information content (AvgIpc) is 2.82. The summed E-state index contributed by atoms with van der Waals surface area (Å²) in [6.45, 7) is 0. The third-order valence-electron chi connectivity index (χ3n) is 2.23. The second-order valence-corrected chi connectivity index (χ2v) is 3.80. The largest absolute Gasteiger partial charge is 0.467 e. The number of ether oxygens (including phenoxy) is 2. The van der Waals surface area contributed by atoms with Crippen LogP contribution in [0.4, 0.5) is 0 Å². The lowest BCUT2D eigenvalue weighted by Crippen LogP contribution is -2.03. The molecular weight excluding hydrogens is 258 g/mol. The molecule has 2 rings (SSSR count). The lowest BCUT2D eigenvalue weighted by molar-refractivity contribution is 0.0588. The summed E-state index contributed by atoms with van der Waals surface area (Å²) in [5.74, 6) is -0.365. The molecule has 0 aliphatic carbocycles. The van der Waals surface area contributed by atoms with Crippen LogP contribution < -0.4 is 4.74 Å². The molecule has 0 saturated carbocycles. The Morgan fingerprint density at radius 3 is 2.78 bits per heavy atom. The fraction of sp³-hybridized carbons (Fsp3) is 0.167. The minimum absolute atomic E-state index is 0.00465. The van der Waals surface area contributed by atoms with Crippen LogP contribution in [-0.4, -0.2) is 25.2 Å². The van der Waals surface area contributed by atoms with Crippen LogP contribution >= 0.6 is 11.6 Å². The molecule has 6 heteroatoms. The minimum Gasteiger partial charge on any atom is -0.467 e. The fourth-order valence-corrected chi connectivity index (χ4v) is 1.61. The van der Waals surface area contributed by atoms with Crippen LogP contribution in [0.25, 0.3) is 11.5 Å². The van der Waals surface area contributed by atoms with Gasteiger partial charge in [-0.25, -0.2) is 4.79 Å². The number of aromatic nitrogens is 1. The maximum absolute atomic E-state index is 11.5.